The summed E-state index contributed by atoms with van der Waals surface area (Å²) in [5.74, 6) is 0.281. The molecule has 0 saturated heterocycles. The Balaban J connectivity index is 2.45. The molecule has 2 heterocycles. The van der Waals surface area contributed by atoms with Gasteiger partial charge in [-0.05, 0) is 48.0 Å². The molecule has 21 heavy (non-hydrogen) atoms. The summed E-state index contributed by atoms with van der Waals surface area (Å²) < 4.78 is 28.2. The molecular formula is C13H15BrN4O2S. The van der Waals surface area contributed by atoms with E-state index in [9.17, 15) is 8.42 Å². The molecule has 2 aromatic heterocycles. The first-order chi connectivity index (χ1) is 9.83. The Labute approximate surface area is 132 Å². The van der Waals surface area contributed by atoms with Crippen LogP contribution >= 0.6 is 15.9 Å². The summed E-state index contributed by atoms with van der Waals surface area (Å²) in [5, 5.41) is 2.77. The Bertz CT molecular complexity index is 778. The number of pyridine rings is 2. The number of halogens is 1. The third kappa shape index (κ3) is 3.51. The van der Waals surface area contributed by atoms with E-state index in [1.54, 1.807) is 26.1 Å². The zero-order valence-electron chi connectivity index (χ0n) is 11.8. The number of anilines is 2. The van der Waals surface area contributed by atoms with Gasteiger partial charge in [0.15, 0.2) is 0 Å². The molecule has 0 bridgehead atoms. The zero-order chi connectivity index (χ0) is 15.6. The van der Waals surface area contributed by atoms with Crippen LogP contribution in [0, 0.1) is 13.8 Å². The predicted octanol–water partition coefficient (Wildman–Crippen LogP) is 2.70. The van der Waals surface area contributed by atoms with Gasteiger partial charge in [0.05, 0.1) is 11.4 Å². The average molecular weight is 371 g/mol. The van der Waals surface area contributed by atoms with Crippen LogP contribution in [0.5, 0.6) is 0 Å². The van der Waals surface area contributed by atoms with Gasteiger partial charge in [0.25, 0.3) is 10.0 Å². The van der Waals surface area contributed by atoms with E-state index in [0.717, 1.165) is 5.69 Å². The van der Waals surface area contributed by atoms with Crippen molar-refractivity contribution in [2.75, 3.05) is 17.1 Å². The maximum atomic E-state index is 12.5. The van der Waals surface area contributed by atoms with E-state index in [0.29, 0.717) is 15.9 Å². The molecule has 2 aromatic rings. The van der Waals surface area contributed by atoms with Crippen molar-refractivity contribution in [2.45, 2.75) is 18.7 Å². The van der Waals surface area contributed by atoms with Crippen LogP contribution in [0.15, 0.2) is 33.8 Å². The van der Waals surface area contributed by atoms with Gasteiger partial charge in [-0.2, -0.15) is 0 Å². The van der Waals surface area contributed by atoms with Crippen LogP contribution in [0.2, 0.25) is 0 Å². The van der Waals surface area contributed by atoms with Crippen LogP contribution in [0.25, 0.3) is 0 Å². The minimum atomic E-state index is -3.76. The molecule has 0 aliphatic rings. The van der Waals surface area contributed by atoms with Crippen LogP contribution in [0.1, 0.15) is 11.4 Å². The van der Waals surface area contributed by atoms with Crippen molar-refractivity contribution in [3.63, 3.8) is 0 Å². The zero-order valence-corrected chi connectivity index (χ0v) is 14.2. The largest absolute Gasteiger partial charge is 0.372 e. The molecule has 6 nitrogen and oxygen atoms in total. The number of sulfonamides is 1. The van der Waals surface area contributed by atoms with Crippen LogP contribution < -0.4 is 10.0 Å². The number of aryl methyl sites for hydroxylation is 2. The lowest BCUT2D eigenvalue weighted by molar-refractivity contribution is 0.601. The molecule has 112 valence electrons. The third-order valence-corrected chi connectivity index (χ3v) is 4.63. The standard InChI is InChI=1S/C13H15BrN4O2S/c1-8-4-5-11(9(2)17-8)18-21(19,20)12-6-10(14)7-16-13(12)15-3/h4-7,18H,1-3H3,(H,15,16). The maximum Gasteiger partial charge on any atom is 0.265 e. The molecule has 0 aliphatic heterocycles. The summed E-state index contributed by atoms with van der Waals surface area (Å²) in [4.78, 5) is 8.36. The molecule has 0 amide bonds. The first-order valence-corrected chi connectivity index (χ1v) is 8.41. The van der Waals surface area contributed by atoms with Crippen LogP contribution in [-0.2, 0) is 10.0 Å². The fraction of sp³-hybridized carbons (Fsp3) is 0.231. The van der Waals surface area contributed by atoms with Crippen molar-refractivity contribution in [1.29, 1.82) is 0 Å². The number of nitrogens with zero attached hydrogens (tertiary/aromatic N) is 2. The average Bonchev–Trinajstić information content (AvgIpc) is 2.42. The SMILES string of the molecule is CNc1ncc(Br)cc1S(=O)(=O)Nc1ccc(C)nc1C. The minimum absolute atomic E-state index is 0.0688. The number of rotatable bonds is 4. The Morgan fingerprint density at radius 3 is 2.57 bits per heavy atom. The van der Waals surface area contributed by atoms with E-state index in [1.807, 2.05) is 6.92 Å². The van der Waals surface area contributed by atoms with E-state index in [4.69, 9.17) is 0 Å². The highest BCUT2D eigenvalue weighted by Crippen LogP contribution is 2.25. The second kappa shape index (κ2) is 5.98. The highest BCUT2D eigenvalue weighted by atomic mass is 79.9. The van der Waals surface area contributed by atoms with Gasteiger partial charge < -0.3 is 5.32 Å². The first kappa shape index (κ1) is 15.7. The van der Waals surface area contributed by atoms with Crippen molar-refractivity contribution in [3.05, 3.63) is 40.3 Å². The summed E-state index contributed by atoms with van der Waals surface area (Å²) >= 11 is 3.23. The summed E-state index contributed by atoms with van der Waals surface area (Å²) in [6, 6.07) is 4.95. The van der Waals surface area contributed by atoms with E-state index in [2.05, 4.69) is 35.9 Å². The Morgan fingerprint density at radius 1 is 1.24 bits per heavy atom. The molecule has 0 fully saturated rings. The molecule has 0 saturated carbocycles. The molecule has 8 heteroatoms. The van der Waals surface area contributed by atoms with Crippen molar-refractivity contribution < 1.29 is 8.42 Å². The van der Waals surface area contributed by atoms with Gasteiger partial charge in [-0.1, -0.05) is 0 Å². The Morgan fingerprint density at radius 2 is 1.95 bits per heavy atom. The summed E-state index contributed by atoms with van der Waals surface area (Å²) in [7, 11) is -2.14. The molecule has 0 spiro atoms. The van der Waals surface area contributed by atoms with Crippen molar-refractivity contribution in [1.82, 2.24) is 9.97 Å². The maximum absolute atomic E-state index is 12.5. The lowest BCUT2D eigenvalue weighted by Gasteiger charge is -2.13. The van der Waals surface area contributed by atoms with Crippen molar-refractivity contribution in [3.8, 4) is 0 Å². The van der Waals surface area contributed by atoms with Crippen molar-refractivity contribution in [2.24, 2.45) is 0 Å². The van der Waals surface area contributed by atoms with E-state index < -0.39 is 10.0 Å². The number of hydrogen-bond donors (Lipinski definition) is 2. The van der Waals surface area contributed by atoms with Gasteiger partial charge >= 0.3 is 0 Å². The number of aromatic nitrogens is 2. The van der Waals surface area contributed by atoms with Gasteiger partial charge in [0.1, 0.15) is 10.7 Å². The molecule has 2 N–H and O–H groups in total. The normalized spacial score (nSPS) is 11.2. The Hall–Kier alpha value is -1.67. The van der Waals surface area contributed by atoms with Crippen LogP contribution in [-0.4, -0.2) is 25.4 Å². The van der Waals surface area contributed by atoms with E-state index in [1.165, 1.54) is 12.3 Å². The first-order valence-electron chi connectivity index (χ1n) is 6.14. The molecule has 0 atom stereocenters. The van der Waals surface area contributed by atoms with Gasteiger partial charge in [-0.15, -0.1) is 0 Å². The van der Waals surface area contributed by atoms with Gasteiger partial charge in [0, 0.05) is 23.4 Å². The van der Waals surface area contributed by atoms with Gasteiger partial charge in [0.2, 0.25) is 0 Å². The van der Waals surface area contributed by atoms with Crippen molar-refractivity contribution >= 4 is 37.5 Å². The highest BCUT2D eigenvalue weighted by molar-refractivity contribution is 9.10. The monoisotopic (exact) mass is 370 g/mol. The molecule has 2 rings (SSSR count). The third-order valence-electron chi connectivity index (χ3n) is 2.82. The molecular weight excluding hydrogens is 356 g/mol. The second-order valence-electron chi connectivity index (χ2n) is 4.44. The lowest BCUT2D eigenvalue weighted by atomic mass is 10.3. The fourth-order valence-electron chi connectivity index (χ4n) is 1.81. The lowest BCUT2D eigenvalue weighted by Crippen LogP contribution is -2.16. The Kier molecular flexibility index (Phi) is 4.48. The van der Waals surface area contributed by atoms with Crippen LogP contribution in [0.3, 0.4) is 0 Å². The smallest absolute Gasteiger partial charge is 0.265 e. The second-order valence-corrected chi connectivity index (χ2v) is 7.01. The predicted molar refractivity (Wildman–Crippen MR) is 86.0 cm³/mol. The van der Waals surface area contributed by atoms with E-state index in [-0.39, 0.29) is 10.7 Å². The number of nitrogens with one attached hydrogen (secondary N) is 2. The highest BCUT2D eigenvalue weighted by Gasteiger charge is 2.21. The summed E-state index contributed by atoms with van der Waals surface area (Å²) in [5.41, 5.74) is 1.89. The summed E-state index contributed by atoms with van der Waals surface area (Å²) in [6.45, 7) is 3.60. The van der Waals surface area contributed by atoms with Crippen LogP contribution in [0.4, 0.5) is 11.5 Å². The van der Waals surface area contributed by atoms with Gasteiger partial charge in [-0.25, -0.2) is 13.4 Å². The van der Waals surface area contributed by atoms with E-state index >= 15 is 0 Å². The molecule has 0 aromatic carbocycles. The number of hydrogen-bond acceptors (Lipinski definition) is 5. The molecule has 0 unspecified atom stereocenters. The minimum Gasteiger partial charge on any atom is -0.372 e. The topological polar surface area (TPSA) is 84.0 Å². The summed E-state index contributed by atoms with van der Waals surface area (Å²) in [6.07, 6.45) is 1.53. The molecule has 0 aliphatic carbocycles. The molecule has 0 radical (unpaired) electrons. The quantitative estimate of drug-likeness (QED) is 0.864. The fourth-order valence-corrected chi connectivity index (χ4v) is 3.60. The van der Waals surface area contributed by atoms with Gasteiger partial charge in [-0.3, -0.25) is 9.71 Å².